The highest BCUT2D eigenvalue weighted by Crippen LogP contribution is 2.25. The van der Waals surface area contributed by atoms with E-state index in [0.29, 0.717) is 0 Å². The van der Waals surface area contributed by atoms with E-state index in [1.54, 1.807) is 0 Å². The Bertz CT molecular complexity index is 344. The minimum Gasteiger partial charge on any atom is -0.370 e. The van der Waals surface area contributed by atoms with E-state index in [4.69, 9.17) is 0 Å². The molecule has 1 saturated heterocycles. The molecule has 0 aromatic heterocycles. The number of benzene rings is 1. The molecule has 2 rings (SSSR count). The molecule has 2 nitrogen and oxygen atoms in total. The van der Waals surface area contributed by atoms with Crippen molar-refractivity contribution >= 4 is 5.69 Å². The summed E-state index contributed by atoms with van der Waals surface area (Å²) in [5, 5.41) is 3.45. The molecule has 0 spiro atoms. The van der Waals surface area contributed by atoms with Crippen LogP contribution in [0.4, 0.5) is 5.69 Å². The highest BCUT2D eigenvalue weighted by molar-refractivity contribution is 5.48. The van der Waals surface area contributed by atoms with Gasteiger partial charge in [-0.25, -0.2) is 0 Å². The van der Waals surface area contributed by atoms with Crippen LogP contribution in [-0.2, 0) is 0 Å². The number of likely N-dealkylation sites (N-methyl/N-ethyl adjacent to an activating group) is 1. The van der Waals surface area contributed by atoms with Crippen molar-refractivity contribution in [3.63, 3.8) is 0 Å². The van der Waals surface area contributed by atoms with Crippen molar-refractivity contribution in [3.8, 4) is 0 Å². The lowest BCUT2D eigenvalue weighted by Gasteiger charge is -2.41. The Hall–Kier alpha value is -1.02. The molecule has 0 saturated carbocycles. The molecular formula is C14H22N2. The summed E-state index contributed by atoms with van der Waals surface area (Å²) < 4.78 is 0. The second-order valence-electron chi connectivity index (χ2n) is 5.17. The second kappa shape index (κ2) is 4.46. The zero-order valence-electron chi connectivity index (χ0n) is 10.6. The molecule has 1 aliphatic rings. The standard InChI is InChI=1S/C14H22N2/c1-12-5-7-13(8-6-12)16-10-4-9-14(2,11-16)15-3/h5-8,15H,4,9-11H2,1-3H3. The predicted molar refractivity (Wildman–Crippen MR) is 70.1 cm³/mol. The first kappa shape index (κ1) is 11.5. The van der Waals surface area contributed by atoms with Gasteiger partial charge in [0, 0.05) is 24.3 Å². The maximum absolute atomic E-state index is 3.45. The SMILES string of the molecule is CNC1(C)CCCN(c2ccc(C)cc2)C1. The van der Waals surface area contributed by atoms with Gasteiger partial charge in [0.15, 0.2) is 0 Å². The lowest BCUT2D eigenvalue weighted by atomic mass is 9.91. The Labute approximate surface area is 98.7 Å². The van der Waals surface area contributed by atoms with Crippen LogP contribution in [0.25, 0.3) is 0 Å². The Balaban J connectivity index is 2.12. The highest BCUT2D eigenvalue weighted by atomic mass is 15.2. The van der Waals surface area contributed by atoms with Gasteiger partial charge in [0.2, 0.25) is 0 Å². The Morgan fingerprint density at radius 3 is 2.56 bits per heavy atom. The van der Waals surface area contributed by atoms with Crippen LogP contribution in [0.15, 0.2) is 24.3 Å². The molecule has 1 atom stereocenters. The third-order valence-corrected chi connectivity index (χ3v) is 3.70. The number of nitrogens with one attached hydrogen (secondary N) is 1. The van der Waals surface area contributed by atoms with Crippen molar-refractivity contribution in [2.24, 2.45) is 0 Å². The van der Waals surface area contributed by atoms with E-state index >= 15 is 0 Å². The van der Waals surface area contributed by atoms with Crippen LogP contribution in [0.1, 0.15) is 25.3 Å². The number of aryl methyl sites for hydroxylation is 1. The molecular weight excluding hydrogens is 196 g/mol. The van der Waals surface area contributed by atoms with Crippen LogP contribution in [0.5, 0.6) is 0 Å². The number of hydrogen-bond acceptors (Lipinski definition) is 2. The lowest BCUT2D eigenvalue weighted by molar-refractivity contribution is 0.316. The van der Waals surface area contributed by atoms with E-state index < -0.39 is 0 Å². The fourth-order valence-electron chi connectivity index (χ4n) is 2.42. The van der Waals surface area contributed by atoms with Crippen molar-refractivity contribution < 1.29 is 0 Å². The van der Waals surface area contributed by atoms with E-state index in [-0.39, 0.29) is 5.54 Å². The van der Waals surface area contributed by atoms with Gasteiger partial charge in [-0.2, -0.15) is 0 Å². The Morgan fingerprint density at radius 1 is 1.25 bits per heavy atom. The lowest BCUT2D eigenvalue weighted by Crippen LogP contribution is -2.53. The fraction of sp³-hybridized carbons (Fsp3) is 0.571. The number of anilines is 1. The minimum atomic E-state index is 0.267. The second-order valence-corrected chi connectivity index (χ2v) is 5.17. The van der Waals surface area contributed by atoms with E-state index in [9.17, 15) is 0 Å². The van der Waals surface area contributed by atoms with Crippen LogP contribution in [0.2, 0.25) is 0 Å². The Kier molecular flexibility index (Phi) is 3.20. The number of piperidine rings is 1. The van der Waals surface area contributed by atoms with Gasteiger partial charge in [0.25, 0.3) is 0 Å². The summed E-state index contributed by atoms with van der Waals surface area (Å²) in [5.41, 5.74) is 2.95. The molecule has 0 aliphatic carbocycles. The summed E-state index contributed by atoms with van der Waals surface area (Å²) in [5.74, 6) is 0. The number of nitrogens with zero attached hydrogens (tertiary/aromatic N) is 1. The maximum Gasteiger partial charge on any atom is 0.0367 e. The molecule has 0 amide bonds. The van der Waals surface area contributed by atoms with Crippen molar-refractivity contribution in [2.45, 2.75) is 32.2 Å². The molecule has 88 valence electrons. The molecule has 1 fully saturated rings. The maximum atomic E-state index is 3.45. The van der Waals surface area contributed by atoms with Gasteiger partial charge in [0.1, 0.15) is 0 Å². The molecule has 16 heavy (non-hydrogen) atoms. The number of hydrogen-bond donors (Lipinski definition) is 1. The average molecular weight is 218 g/mol. The first-order chi connectivity index (χ1) is 7.63. The summed E-state index contributed by atoms with van der Waals surface area (Å²) >= 11 is 0. The van der Waals surface area contributed by atoms with Crippen LogP contribution in [-0.4, -0.2) is 25.7 Å². The van der Waals surface area contributed by atoms with Crippen molar-refractivity contribution in [1.29, 1.82) is 0 Å². The van der Waals surface area contributed by atoms with Gasteiger partial charge in [-0.05, 0) is 45.9 Å². The molecule has 1 aliphatic heterocycles. The van der Waals surface area contributed by atoms with Gasteiger partial charge in [-0.15, -0.1) is 0 Å². The monoisotopic (exact) mass is 218 g/mol. The quantitative estimate of drug-likeness (QED) is 0.820. The third-order valence-electron chi connectivity index (χ3n) is 3.70. The first-order valence-electron chi connectivity index (χ1n) is 6.13. The van der Waals surface area contributed by atoms with Crippen LogP contribution in [0, 0.1) is 6.92 Å². The summed E-state index contributed by atoms with van der Waals surface area (Å²) in [6, 6.07) is 8.86. The minimum absolute atomic E-state index is 0.267. The largest absolute Gasteiger partial charge is 0.370 e. The van der Waals surface area contributed by atoms with Gasteiger partial charge in [-0.3, -0.25) is 0 Å². The molecule has 0 radical (unpaired) electrons. The number of rotatable bonds is 2. The van der Waals surface area contributed by atoms with Gasteiger partial charge in [0.05, 0.1) is 0 Å². The summed E-state index contributed by atoms with van der Waals surface area (Å²) in [6.07, 6.45) is 2.54. The highest BCUT2D eigenvalue weighted by Gasteiger charge is 2.29. The van der Waals surface area contributed by atoms with Crippen molar-refractivity contribution in [2.75, 3.05) is 25.0 Å². The molecule has 1 N–H and O–H groups in total. The molecule has 2 heteroatoms. The van der Waals surface area contributed by atoms with Gasteiger partial charge in [-0.1, -0.05) is 17.7 Å². The van der Waals surface area contributed by atoms with E-state index in [2.05, 4.69) is 55.4 Å². The molecule has 1 aromatic carbocycles. The van der Waals surface area contributed by atoms with Crippen molar-refractivity contribution in [3.05, 3.63) is 29.8 Å². The zero-order valence-corrected chi connectivity index (χ0v) is 10.6. The zero-order chi connectivity index (χ0) is 11.6. The molecule has 1 aromatic rings. The van der Waals surface area contributed by atoms with E-state index in [0.717, 1.165) is 6.54 Å². The first-order valence-corrected chi connectivity index (χ1v) is 6.13. The van der Waals surface area contributed by atoms with Crippen LogP contribution < -0.4 is 10.2 Å². The van der Waals surface area contributed by atoms with Crippen molar-refractivity contribution in [1.82, 2.24) is 5.32 Å². The predicted octanol–water partition coefficient (Wildman–Crippen LogP) is 2.57. The normalized spacial score (nSPS) is 25.8. The van der Waals surface area contributed by atoms with Gasteiger partial charge < -0.3 is 10.2 Å². The molecule has 1 unspecified atom stereocenters. The third kappa shape index (κ3) is 2.38. The fourth-order valence-corrected chi connectivity index (χ4v) is 2.42. The topological polar surface area (TPSA) is 15.3 Å². The van der Waals surface area contributed by atoms with E-state index in [1.165, 1.54) is 30.6 Å². The molecule has 1 heterocycles. The van der Waals surface area contributed by atoms with Crippen LogP contribution >= 0.6 is 0 Å². The molecule has 0 bridgehead atoms. The van der Waals surface area contributed by atoms with Crippen LogP contribution in [0.3, 0.4) is 0 Å². The average Bonchev–Trinajstić information content (AvgIpc) is 2.30. The van der Waals surface area contributed by atoms with Gasteiger partial charge >= 0.3 is 0 Å². The summed E-state index contributed by atoms with van der Waals surface area (Å²) in [6.45, 7) is 6.73. The van der Waals surface area contributed by atoms with E-state index in [1.807, 2.05) is 0 Å². The summed E-state index contributed by atoms with van der Waals surface area (Å²) in [4.78, 5) is 2.49. The smallest absolute Gasteiger partial charge is 0.0367 e. The summed E-state index contributed by atoms with van der Waals surface area (Å²) in [7, 11) is 2.07. The Morgan fingerprint density at radius 2 is 1.94 bits per heavy atom.